The van der Waals surface area contributed by atoms with E-state index in [4.69, 9.17) is 19.0 Å². The lowest BCUT2D eigenvalue weighted by molar-refractivity contribution is 0.436. The Kier molecular flexibility index (Phi) is 21.0. The van der Waals surface area contributed by atoms with Gasteiger partial charge in [0.05, 0.1) is 11.4 Å². The Morgan fingerprint density at radius 1 is 0.941 bits per heavy atom. The van der Waals surface area contributed by atoms with Gasteiger partial charge in [-0.2, -0.15) is 0 Å². The van der Waals surface area contributed by atoms with E-state index in [0.29, 0.717) is 0 Å². The minimum atomic E-state index is -2.86. The first-order chi connectivity index (χ1) is 8.15. The van der Waals surface area contributed by atoms with Crippen molar-refractivity contribution < 1.29 is 13.3 Å². The summed E-state index contributed by atoms with van der Waals surface area (Å²) >= 11 is -2.86. The van der Waals surface area contributed by atoms with Gasteiger partial charge in [0.1, 0.15) is 0 Å². The molecule has 3 N–H and O–H groups in total. The standard InChI is InChI=1S/C12H27N.H2O3S/c1-2-3-4-5-6-7-8-9-10-11-12-13;1-4(2)3/h2-13H2,1H3;(H2,1,2,3)/p-1. The van der Waals surface area contributed by atoms with Crippen LogP contribution in [0.4, 0.5) is 0 Å². The van der Waals surface area contributed by atoms with Crippen molar-refractivity contribution in [2.45, 2.75) is 71.1 Å². The van der Waals surface area contributed by atoms with Gasteiger partial charge >= 0.3 is 0 Å². The highest BCUT2D eigenvalue weighted by Gasteiger charge is 1.91. The molecule has 0 heterocycles. The van der Waals surface area contributed by atoms with E-state index in [1.165, 1.54) is 64.2 Å². The van der Waals surface area contributed by atoms with Crippen LogP contribution in [0.15, 0.2) is 0 Å². The minimum absolute atomic E-state index is 0.872. The third-order valence-electron chi connectivity index (χ3n) is 2.56. The third kappa shape index (κ3) is 31.4. The van der Waals surface area contributed by atoms with Crippen molar-refractivity contribution in [3.63, 3.8) is 0 Å². The minimum Gasteiger partial charge on any atom is -0.750 e. The van der Waals surface area contributed by atoms with Crippen LogP contribution in [0, 0.1) is 0 Å². The van der Waals surface area contributed by atoms with Crippen molar-refractivity contribution in [3.8, 4) is 0 Å². The van der Waals surface area contributed by atoms with Crippen molar-refractivity contribution >= 4 is 11.4 Å². The second kappa shape index (κ2) is 18.4. The maximum atomic E-state index is 8.56. The largest absolute Gasteiger partial charge is 0.750 e. The molecule has 1 atom stereocenters. The van der Waals surface area contributed by atoms with Crippen molar-refractivity contribution in [3.05, 3.63) is 0 Å². The van der Waals surface area contributed by atoms with Crippen LogP contribution < -0.4 is 5.73 Å². The summed E-state index contributed by atoms with van der Waals surface area (Å²) in [4.78, 5) is 0. The lowest BCUT2D eigenvalue weighted by Gasteiger charge is -2.00. The average molecular weight is 266 g/mol. The van der Waals surface area contributed by atoms with Gasteiger partial charge in [-0.1, -0.05) is 64.7 Å². The van der Waals surface area contributed by atoms with E-state index in [1.807, 2.05) is 0 Å². The first kappa shape index (κ1) is 19.4. The topological polar surface area (TPSA) is 86.4 Å². The molecule has 0 aliphatic heterocycles. The maximum absolute atomic E-state index is 8.56. The number of hydrogen-bond acceptors (Lipinski definition) is 3. The molecule has 0 aromatic carbocycles. The zero-order valence-corrected chi connectivity index (χ0v) is 11.8. The van der Waals surface area contributed by atoms with E-state index in [0.717, 1.165) is 6.54 Å². The van der Waals surface area contributed by atoms with Gasteiger partial charge in [0.15, 0.2) is 0 Å². The van der Waals surface area contributed by atoms with Crippen LogP contribution in [0.25, 0.3) is 0 Å². The van der Waals surface area contributed by atoms with E-state index >= 15 is 0 Å². The quantitative estimate of drug-likeness (QED) is 0.469. The molecule has 0 aliphatic carbocycles. The van der Waals surface area contributed by atoms with Crippen LogP contribution in [0.1, 0.15) is 71.1 Å². The Bertz CT molecular complexity index is 143. The van der Waals surface area contributed by atoms with Gasteiger partial charge in [-0.3, -0.25) is 0 Å². The summed E-state index contributed by atoms with van der Waals surface area (Å²) in [5, 5.41) is 0. The molecule has 0 aliphatic rings. The van der Waals surface area contributed by atoms with Crippen molar-refractivity contribution in [2.75, 3.05) is 6.54 Å². The van der Waals surface area contributed by atoms with Gasteiger partial charge in [-0.25, -0.2) is 4.21 Å². The van der Waals surface area contributed by atoms with Crippen molar-refractivity contribution in [1.29, 1.82) is 0 Å². The Morgan fingerprint density at radius 2 is 1.24 bits per heavy atom. The molecule has 0 rings (SSSR count). The molecule has 0 spiro atoms. The normalized spacial score (nSPS) is 11.8. The summed E-state index contributed by atoms with van der Waals surface area (Å²) in [5.41, 5.74) is 5.42. The number of nitrogens with two attached hydrogens (primary N) is 1. The fourth-order valence-corrected chi connectivity index (χ4v) is 1.63. The molecular formula is C12H28NO3S-. The van der Waals surface area contributed by atoms with Crippen LogP contribution in [0.3, 0.4) is 0 Å². The van der Waals surface area contributed by atoms with Gasteiger partial charge in [-0.15, -0.1) is 0 Å². The number of unbranched alkanes of at least 4 members (excludes halogenated alkanes) is 9. The molecular weight excluding hydrogens is 238 g/mol. The van der Waals surface area contributed by atoms with Crippen molar-refractivity contribution in [2.24, 2.45) is 5.73 Å². The third-order valence-corrected chi connectivity index (χ3v) is 2.56. The molecule has 0 fully saturated rings. The SMILES string of the molecule is CCCCCCCCCCCCN.O=S([O-])O. The van der Waals surface area contributed by atoms with E-state index in [1.54, 1.807) is 0 Å². The van der Waals surface area contributed by atoms with E-state index < -0.39 is 11.4 Å². The Labute approximate surface area is 108 Å². The van der Waals surface area contributed by atoms with Crippen LogP contribution in [0.5, 0.6) is 0 Å². The monoisotopic (exact) mass is 266 g/mol. The highest BCUT2D eigenvalue weighted by Crippen LogP contribution is 2.09. The summed E-state index contributed by atoms with van der Waals surface area (Å²) < 4.78 is 24.1. The van der Waals surface area contributed by atoms with Crippen LogP contribution in [-0.4, -0.2) is 19.9 Å². The molecule has 106 valence electrons. The number of hydrogen-bond donors (Lipinski definition) is 2. The van der Waals surface area contributed by atoms with Gasteiger partial charge in [0.25, 0.3) is 0 Å². The first-order valence-electron chi connectivity index (χ1n) is 6.63. The average Bonchev–Trinajstić information content (AvgIpc) is 2.26. The predicted octanol–water partition coefficient (Wildman–Crippen LogP) is 3.20. The highest BCUT2D eigenvalue weighted by atomic mass is 32.2. The van der Waals surface area contributed by atoms with Crippen LogP contribution >= 0.6 is 0 Å². The lowest BCUT2D eigenvalue weighted by atomic mass is 10.1. The summed E-state index contributed by atoms with van der Waals surface area (Å²) in [7, 11) is 0. The Balaban J connectivity index is 0. The zero-order chi connectivity index (χ0) is 13.4. The molecule has 0 bridgehead atoms. The molecule has 0 amide bonds. The van der Waals surface area contributed by atoms with E-state index in [-0.39, 0.29) is 0 Å². The second-order valence-electron chi connectivity index (χ2n) is 4.19. The molecule has 0 aromatic heterocycles. The smallest absolute Gasteiger partial charge is 0.0814 e. The van der Waals surface area contributed by atoms with Gasteiger partial charge in [0, 0.05) is 0 Å². The van der Waals surface area contributed by atoms with E-state index in [2.05, 4.69) is 6.92 Å². The molecule has 4 nitrogen and oxygen atoms in total. The summed E-state index contributed by atoms with van der Waals surface area (Å²) in [5.74, 6) is 0. The van der Waals surface area contributed by atoms with Crippen LogP contribution in [-0.2, 0) is 11.4 Å². The first-order valence-corrected chi connectivity index (χ1v) is 7.66. The van der Waals surface area contributed by atoms with Gasteiger partial charge in [-0.05, 0) is 13.0 Å². The molecule has 1 unspecified atom stereocenters. The Morgan fingerprint density at radius 3 is 1.53 bits per heavy atom. The molecule has 0 aromatic rings. The molecule has 17 heavy (non-hydrogen) atoms. The zero-order valence-electron chi connectivity index (χ0n) is 11.0. The second-order valence-corrected chi connectivity index (χ2v) is 4.62. The summed E-state index contributed by atoms with van der Waals surface area (Å²) in [6, 6.07) is 0. The Hall–Kier alpha value is 0.0300. The lowest BCUT2D eigenvalue weighted by Crippen LogP contribution is -1.97. The number of rotatable bonds is 10. The maximum Gasteiger partial charge on any atom is 0.0814 e. The van der Waals surface area contributed by atoms with Gasteiger partial charge < -0.3 is 14.8 Å². The molecule has 0 radical (unpaired) electrons. The van der Waals surface area contributed by atoms with Crippen molar-refractivity contribution in [1.82, 2.24) is 0 Å². The van der Waals surface area contributed by atoms with E-state index in [9.17, 15) is 0 Å². The molecule has 5 heteroatoms. The highest BCUT2D eigenvalue weighted by molar-refractivity contribution is 7.73. The molecule has 0 saturated heterocycles. The molecule has 0 saturated carbocycles. The fraction of sp³-hybridized carbons (Fsp3) is 1.00. The van der Waals surface area contributed by atoms with Crippen LogP contribution in [0.2, 0.25) is 0 Å². The summed E-state index contributed by atoms with van der Waals surface area (Å²) in [6.45, 7) is 3.14. The predicted molar refractivity (Wildman–Crippen MR) is 72.4 cm³/mol. The summed E-state index contributed by atoms with van der Waals surface area (Å²) in [6.07, 6.45) is 13.9. The van der Waals surface area contributed by atoms with Gasteiger partial charge in [0.2, 0.25) is 0 Å². The fourth-order valence-electron chi connectivity index (χ4n) is 1.63.